The number of rotatable bonds is 5. The minimum atomic E-state index is -1.19. The maximum Gasteiger partial charge on any atom is 0.167 e. The van der Waals surface area contributed by atoms with Crippen molar-refractivity contribution in [1.82, 2.24) is 24.8 Å². The summed E-state index contributed by atoms with van der Waals surface area (Å²) in [5.41, 5.74) is 6.53. The van der Waals surface area contributed by atoms with E-state index in [0.29, 0.717) is 11.2 Å². The van der Waals surface area contributed by atoms with E-state index in [1.54, 1.807) is 0 Å². The van der Waals surface area contributed by atoms with E-state index in [0.717, 1.165) is 0 Å². The van der Waals surface area contributed by atoms with Crippen LogP contribution >= 0.6 is 0 Å². The Kier molecular flexibility index (Phi) is 4.41. The third kappa shape index (κ3) is 2.70. The van der Waals surface area contributed by atoms with Gasteiger partial charge in [0.05, 0.1) is 12.4 Å². The molecule has 2 aromatic heterocycles. The number of nitrogens with two attached hydrogens (primary N) is 1. The largest absolute Gasteiger partial charge is 0.387 e. The summed E-state index contributed by atoms with van der Waals surface area (Å²) in [5, 5.41) is 32.3. The van der Waals surface area contributed by atoms with Crippen LogP contribution in [-0.4, -0.2) is 60.6 Å². The van der Waals surface area contributed by atoms with Crippen molar-refractivity contribution in [3.05, 3.63) is 25.3 Å². The predicted octanol–water partition coefficient (Wildman–Crippen LogP) is -1.30. The zero-order chi connectivity index (χ0) is 17.3. The highest BCUT2D eigenvalue weighted by molar-refractivity contribution is 5.81. The summed E-state index contributed by atoms with van der Waals surface area (Å²) in [6.45, 7) is 3.70. The van der Waals surface area contributed by atoms with Gasteiger partial charge < -0.3 is 20.7 Å². The van der Waals surface area contributed by atoms with Crippen molar-refractivity contribution in [2.45, 2.75) is 30.6 Å². The number of hydrogen-bond acceptors (Lipinski definition) is 9. The molecule has 3 heterocycles. The van der Waals surface area contributed by atoms with Crippen LogP contribution in [0.15, 0.2) is 25.3 Å². The topological polar surface area (TPSA) is 155 Å². The average Bonchev–Trinajstić information content (AvgIpc) is 3.13. The maximum atomic E-state index is 10.3. The summed E-state index contributed by atoms with van der Waals surface area (Å²) < 4.78 is 7.23. The molecule has 126 valence electrons. The number of aromatic nitrogens is 4. The van der Waals surface area contributed by atoms with E-state index in [9.17, 15) is 10.2 Å². The van der Waals surface area contributed by atoms with Crippen molar-refractivity contribution in [3.63, 3.8) is 0 Å². The fourth-order valence-corrected chi connectivity index (χ4v) is 2.61. The van der Waals surface area contributed by atoms with E-state index in [2.05, 4.69) is 26.8 Å². The molecule has 1 aliphatic heterocycles. The van der Waals surface area contributed by atoms with Crippen LogP contribution in [0.1, 0.15) is 6.23 Å². The summed E-state index contributed by atoms with van der Waals surface area (Å²) in [6.07, 6.45) is 0.242. The van der Waals surface area contributed by atoms with Gasteiger partial charge in [0.1, 0.15) is 36.2 Å². The van der Waals surface area contributed by atoms with Crippen LogP contribution in [0.5, 0.6) is 0 Å². The Bertz CT molecular complexity index is 786. The highest BCUT2D eigenvalue weighted by atomic mass is 16.6. The van der Waals surface area contributed by atoms with Crippen molar-refractivity contribution in [3.8, 4) is 6.07 Å². The number of imidazole rings is 1. The predicted molar refractivity (Wildman–Crippen MR) is 83.3 cm³/mol. The quantitative estimate of drug-likeness (QED) is 0.489. The second-order valence-electron chi connectivity index (χ2n) is 5.38. The van der Waals surface area contributed by atoms with Gasteiger partial charge in [0, 0.05) is 6.54 Å². The fraction of sp³-hybridized carbons (Fsp3) is 0.429. The van der Waals surface area contributed by atoms with E-state index in [4.69, 9.17) is 15.7 Å². The average molecular weight is 331 g/mol. The number of nitrogen functional groups attached to an aromatic ring is 1. The molecule has 0 amide bonds. The Morgan fingerprint density at radius 2 is 2.25 bits per heavy atom. The Morgan fingerprint density at radius 1 is 1.46 bits per heavy atom. The number of fused-ring (bicyclic) bond motifs is 1. The lowest BCUT2D eigenvalue weighted by Crippen LogP contribution is -2.40. The number of aliphatic hydroxyl groups excluding tert-OH is 2. The number of aliphatic hydroxyl groups is 2. The van der Waals surface area contributed by atoms with Gasteiger partial charge in [-0.25, -0.2) is 15.0 Å². The lowest BCUT2D eigenvalue weighted by atomic mass is 10.1. The summed E-state index contributed by atoms with van der Waals surface area (Å²) >= 11 is 0. The molecule has 10 nitrogen and oxygen atoms in total. The monoisotopic (exact) mass is 331 g/mol. The first-order chi connectivity index (χ1) is 11.6. The molecule has 0 bridgehead atoms. The van der Waals surface area contributed by atoms with Crippen LogP contribution in [0.25, 0.3) is 11.2 Å². The molecule has 0 spiro atoms. The van der Waals surface area contributed by atoms with E-state index in [1.807, 2.05) is 6.07 Å². The van der Waals surface area contributed by atoms with E-state index < -0.39 is 30.6 Å². The molecule has 1 unspecified atom stereocenters. The molecule has 0 saturated carbocycles. The van der Waals surface area contributed by atoms with Crippen LogP contribution < -0.4 is 11.1 Å². The van der Waals surface area contributed by atoms with E-state index >= 15 is 0 Å². The second-order valence-corrected chi connectivity index (χ2v) is 5.38. The normalized spacial score (nSPS) is 27.9. The molecule has 1 aliphatic rings. The summed E-state index contributed by atoms with van der Waals surface area (Å²) in [4.78, 5) is 12.1. The van der Waals surface area contributed by atoms with Gasteiger partial charge in [0.15, 0.2) is 17.7 Å². The summed E-state index contributed by atoms with van der Waals surface area (Å²) in [6, 6.07) is 1.43. The lowest BCUT2D eigenvalue weighted by Gasteiger charge is -2.17. The van der Waals surface area contributed by atoms with Crippen molar-refractivity contribution in [1.29, 1.82) is 5.26 Å². The molecule has 0 aliphatic carbocycles. The first-order valence-electron chi connectivity index (χ1n) is 7.27. The van der Waals surface area contributed by atoms with Crippen molar-refractivity contribution in [2.24, 2.45) is 0 Å². The Labute approximate surface area is 137 Å². The van der Waals surface area contributed by atoms with Gasteiger partial charge in [0.25, 0.3) is 0 Å². The molecular weight excluding hydrogens is 314 g/mol. The fourth-order valence-electron chi connectivity index (χ4n) is 2.61. The number of nitriles is 1. The summed E-state index contributed by atoms with van der Waals surface area (Å²) in [7, 11) is 0. The Balaban J connectivity index is 1.80. The zero-order valence-electron chi connectivity index (χ0n) is 12.6. The van der Waals surface area contributed by atoms with Gasteiger partial charge in [-0.3, -0.25) is 9.88 Å². The number of hydrogen-bond donors (Lipinski definition) is 4. The van der Waals surface area contributed by atoms with Gasteiger partial charge in [-0.1, -0.05) is 6.08 Å². The number of nitrogens with one attached hydrogen (secondary N) is 1. The molecule has 5 N–H and O–H groups in total. The Hall–Kier alpha value is -2.58. The minimum absolute atomic E-state index is 0.169. The number of anilines is 1. The van der Waals surface area contributed by atoms with Gasteiger partial charge in [-0.05, 0) is 0 Å². The first kappa shape index (κ1) is 16.3. The first-order valence-corrected chi connectivity index (χ1v) is 7.27. The molecule has 2 aromatic rings. The van der Waals surface area contributed by atoms with Gasteiger partial charge >= 0.3 is 0 Å². The van der Waals surface area contributed by atoms with Crippen LogP contribution in [0.2, 0.25) is 0 Å². The Morgan fingerprint density at radius 3 is 2.96 bits per heavy atom. The van der Waals surface area contributed by atoms with Crippen LogP contribution in [0, 0.1) is 11.3 Å². The van der Waals surface area contributed by atoms with Crippen molar-refractivity contribution >= 4 is 17.0 Å². The third-order valence-electron chi connectivity index (χ3n) is 3.91. The van der Waals surface area contributed by atoms with E-state index in [-0.39, 0.29) is 12.4 Å². The molecule has 24 heavy (non-hydrogen) atoms. The summed E-state index contributed by atoms with van der Waals surface area (Å²) in [5.74, 6) is 0.216. The number of nitrogens with zero attached hydrogens (tertiary/aromatic N) is 5. The molecule has 0 aromatic carbocycles. The molecule has 10 heteroatoms. The van der Waals surface area contributed by atoms with Gasteiger partial charge in [0.2, 0.25) is 0 Å². The lowest BCUT2D eigenvalue weighted by molar-refractivity contribution is -0.0342. The molecule has 0 radical (unpaired) electrons. The highest BCUT2D eigenvalue weighted by Gasteiger charge is 2.44. The highest BCUT2D eigenvalue weighted by Crippen LogP contribution is 2.31. The molecular formula is C14H17N7O3. The van der Waals surface area contributed by atoms with Crippen LogP contribution in [-0.2, 0) is 4.74 Å². The third-order valence-corrected chi connectivity index (χ3v) is 3.91. The maximum absolute atomic E-state index is 10.3. The molecule has 1 fully saturated rings. The minimum Gasteiger partial charge on any atom is -0.387 e. The molecule has 1 saturated heterocycles. The number of ether oxygens (including phenoxy) is 1. The van der Waals surface area contributed by atoms with Crippen molar-refractivity contribution < 1.29 is 14.9 Å². The van der Waals surface area contributed by atoms with Gasteiger partial charge in [-0.2, -0.15) is 5.26 Å². The molecule has 5 atom stereocenters. The smallest absolute Gasteiger partial charge is 0.167 e. The zero-order valence-corrected chi connectivity index (χ0v) is 12.6. The van der Waals surface area contributed by atoms with Crippen molar-refractivity contribution in [2.75, 3.05) is 12.3 Å². The van der Waals surface area contributed by atoms with Crippen LogP contribution in [0.4, 0.5) is 5.82 Å². The standard InChI is InChI=1S/C14H17N7O3/c1-2-7(3-15)17-4-8-10(22)11(23)14(24-8)21-6-20-9-12(16)18-5-19-13(9)21/h2,5-8,10-11,14,17,22-23H,1,4H2,(H2,16,18,19)/t7?,8-,10-,11-,14-/m1/s1. The van der Waals surface area contributed by atoms with E-state index in [1.165, 1.54) is 23.3 Å². The molecule has 3 rings (SSSR count). The SMILES string of the molecule is C=CC(C#N)NC[C@H]1O[C@@H](n2cnc3c(N)ncnc32)[C@H](O)[C@@H]1O. The van der Waals surface area contributed by atoms with Gasteiger partial charge in [-0.15, -0.1) is 6.58 Å². The van der Waals surface area contributed by atoms with Crippen LogP contribution in [0.3, 0.4) is 0 Å². The second kappa shape index (κ2) is 6.50.